The Hall–Kier alpha value is -2.11. The molecule has 0 aliphatic carbocycles. The van der Waals surface area contributed by atoms with Crippen LogP contribution in [-0.2, 0) is 25.5 Å². The quantitative estimate of drug-likeness (QED) is 0.593. The zero-order valence-corrected chi connectivity index (χ0v) is 13.6. The highest BCUT2D eigenvalue weighted by molar-refractivity contribution is 5.98. The van der Waals surface area contributed by atoms with E-state index in [9.17, 15) is 14.4 Å². The van der Waals surface area contributed by atoms with Gasteiger partial charge in [-0.2, -0.15) is 0 Å². The summed E-state index contributed by atoms with van der Waals surface area (Å²) in [5, 5.41) is 0. The number of ether oxygens (including phenoxy) is 2. The summed E-state index contributed by atoms with van der Waals surface area (Å²) in [6.45, 7) is 8.44. The summed E-state index contributed by atoms with van der Waals surface area (Å²) in [5.41, 5.74) is -0.677. The topological polar surface area (TPSA) is 82.8 Å². The second kappa shape index (κ2) is 7.24. The molecule has 0 aliphatic rings. The zero-order valence-electron chi connectivity index (χ0n) is 13.6. The number of hydrogen-bond acceptors (Lipinski definition) is 6. The van der Waals surface area contributed by atoms with Crippen molar-refractivity contribution in [3.05, 3.63) is 23.7 Å². The van der Waals surface area contributed by atoms with E-state index in [-0.39, 0.29) is 24.6 Å². The molecule has 1 aromatic rings. The molecule has 0 aromatic carbocycles. The Labute approximate surface area is 129 Å². The number of ketones is 1. The van der Waals surface area contributed by atoms with Gasteiger partial charge in [0.15, 0.2) is 0 Å². The van der Waals surface area contributed by atoms with Crippen molar-refractivity contribution < 1.29 is 28.3 Å². The lowest BCUT2D eigenvalue weighted by Crippen LogP contribution is -2.33. The minimum absolute atomic E-state index is 0.0448. The molecule has 0 amide bonds. The Kier molecular flexibility index (Phi) is 5.91. The van der Waals surface area contributed by atoms with E-state index < -0.39 is 23.5 Å². The van der Waals surface area contributed by atoms with Crippen molar-refractivity contribution in [2.45, 2.75) is 46.6 Å². The molecular formula is C16H22O6. The number of esters is 2. The van der Waals surface area contributed by atoms with E-state index >= 15 is 0 Å². The predicted molar refractivity (Wildman–Crippen MR) is 78.4 cm³/mol. The van der Waals surface area contributed by atoms with Crippen LogP contribution in [0.5, 0.6) is 0 Å². The fourth-order valence-electron chi connectivity index (χ4n) is 1.77. The van der Waals surface area contributed by atoms with Crippen LogP contribution in [0.3, 0.4) is 0 Å². The van der Waals surface area contributed by atoms with Crippen molar-refractivity contribution in [2.24, 2.45) is 5.92 Å². The number of hydrogen-bond donors (Lipinski definition) is 0. The van der Waals surface area contributed by atoms with Crippen LogP contribution in [0, 0.1) is 5.92 Å². The third-order valence-corrected chi connectivity index (χ3v) is 2.73. The molecule has 1 unspecified atom stereocenters. The molecule has 0 saturated heterocycles. The summed E-state index contributed by atoms with van der Waals surface area (Å²) in [6, 6.07) is 3.01. The molecule has 1 heterocycles. The van der Waals surface area contributed by atoms with Gasteiger partial charge in [0.2, 0.25) is 5.76 Å². The Morgan fingerprint density at radius 3 is 2.36 bits per heavy atom. The van der Waals surface area contributed by atoms with E-state index in [0.717, 1.165) is 0 Å². The molecule has 0 saturated carbocycles. The van der Waals surface area contributed by atoms with Crippen LogP contribution in [0.4, 0.5) is 0 Å². The van der Waals surface area contributed by atoms with E-state index in [1.54, 1.807) is 33.8 Å². The molecule has 0 aliphatic heterocycles. The first kappa shape index (κ1) is 17.9. The van der Waals surface area contributed by atoms with E-state index in [0.29, 0.717) is 5.76 Å². The molecular weight excluding hydrogens is 288 g/mol. The number of carbonyl (C=O) groups is 3. The summed E-state index contributed by atoms with van der Waals surface area (Å²) in [7, 11) is 0. The van der Waals surface area contributed by atoms with Crippen LogP contribution < -0.4 is 0 Å². The average Bonchev–Trinajstić information content (AvgIpc) is 2.82. The van der Waals surface area contributed by atoms with Gasteiger partial charge in [0.25, 0.3) is 0 Å². The average molecular weight is 310 g/mol. The molecule has 0 radical (unpaired) electrons. The van der Waals surface area contributed by atoms with Gasteiger partial charge in [-0.15, -0.1) is 0 Å². The molecule has 6 nitrogen and oxygen atoms in total. The van der Waals surface area contributed by atoms with Gasteiger partial charge in [-0.25, -0.2) is 4.79 Å². The Bertz CT molecular complexity index is 549. The second-order valence-electron chi connectivity index (χ2n) is 5.89. The lowest BCUT2D eigenvalue weighted by molar-refractivity contribution is -0.161. The van der Waals surface area contributed by atoms with Crippen LogP contribution in [0.2, 0.25) is 0 Å². The van der Waals surface area contributed by atoms with Gasteiger partial charge in [-0.1, -0.05) is 0 Å². The van der Waals surface area contributed by atoms with E-state index in [4.69, 9.17) is 13.9 Å². The van der Waals surface area contributed by atoms with Crippen LogP contribution in [0.25, 0.3) is 0 Å². The molecule has 6 heteroatoms. The molecule has 122 valence electrons. The van der Waals surface area contributed by atoms with Gasteiger partial charge < -0.3 is 13.9 Å². The summed E-state index contributed by atoms with van der Waals surface area (Å²) < 4.78 is 15.4. The second-order valence-corrected chi connectivity index (χ2v) is 5.89. The van der Waals surface area contributed by atoms with E-state index in [1.165, 1.54) is 13.0 Å². The minimum Gasteiger partial charge on any atom is -0.460 e. The largest absolute Gasteiger partial charge is 0.460 e. The van der Waals surface area contributed by atoms with Gasteiger partial charge >= 0.3 is 11.9 Å². The summed E-state index contributed by atoms with van der Waals surface area (Å²) >= 11 is 0. The molecule has 0 fully saturated rings. The maximum atomic E-state index is 12.1. The van der Waals surface area contributed by atoms with Gasteiger partial charge in [0.1, 0.15) is 23.1 Å². The fraction of sp³-hybridized carbons (Fsp3) is 0.562. The van der Waals surface area contributed by atoms with Gasteiger partial charge in [-0.3, -0.25) is 9.59 Å². The standard InChI is InChI=1S/C16H22O6/c1-6-20-15(19)13-8-7-11(21-13)9-12(10(2)17)14(18)22-16(3,4)5/h7-8,12H,6,9H2,1-5H3. The number of Topliss-reactive ketones (excluding diaryl/α,β-unsaturated/α-hetero) is 1. The number of rotatable bonds is 6. The predicted octanol–water partition coefficient (Wildman–Crippen LogP) is 2.55. The molecule has 0 N–H and O–H groups in total. The third kappa shape index (κ3) is 5.35. The Morgan fingerprint density at radius 1 is 1.23 bits per heavy atom. The lowest BCUT2D eigenvalue weighted by atomic mass is 9.99. The number of furan rings is 1. The van der Waals surface area contributed by atoms with Gasteiger partial charge in [-0.05, 0) is 46.8 Å². The van der Waals surface area contributed by atoms with Crippen molar-refractivity contribution in [3.63, 3.8) is 0 Å². The van der Waals surface area contributed by atoms with E-state index in [2.05, 4.69) is 0 Å². The highest BCUT2D eigenvalue weighted by Gasteiger charge is 2.30. The van der Waals surface area contributed by atoms with Gasteiger partial charge in [0, 0.05) is 6.42 Å². The highest BCUT2D eigenvalue weighted by atomic mass is 16.6. The van der Waals surface area contributed by atoms with Gasteiger partial charge in [0.05, 0.1) is 6.61 Å². The normalized spacial score (nSPS) is 12.6. The summed E-state index contributed by atoms with van der Waals surface area (Å²) in [4.78, 5) is 35.3. The summed E-state index contributed by atoms with van der Waals surface area (Å²) in [6.07, 6.45) is 0.0453. The Balaban J connectivity index is 2.82. The smallest absolute Gasteiger partial charge is 0.374 e. The molecule has 0 spiro atoms. The van der Waals surface area contributed by atoms with Crippen LogP contribution >= 0.6 is 0 Å². The van der Waals surface area contributed by atoms with E-state index in [1.807, 2.05) is 0 Å². The first-order valence-corrected chi connectivity index (χ1v) is 7.13. The third-order valence-electron chi connectivity index (χ3n) is 2.73. The molecule has 0 bridgehead atoms. The van der Waals surface area contributed by atoms with Crippen LogP contribution in [0.1, 0.15) is 50.9 Å². The van der Waals surface area contributed by atoms with Crippen LogP contribution in [0.15, 0.2) is 16.5 Å². The van der Waals surface area contributed by atoms with Crippen molar-refractivity contribution in [1.82, 2.24) is 0 Å². The summed E-state index contributed by atoms with van der Waals surface area (Å²) in [5.74, 6) is -2.05. The molecule has 22 heavy (non-hydrogen) atoms. The van der Waals surface area contributed by atoms with Crippen molar-refractivity contribution >= 4 is 17.7 Å². The fourth-order valence-corrected chi connectivity index (χ4v) is 1.77. The van der Waals surface area contributed by atoms with Crippen molar-refractivity contribution in [2.75, 3.05) is 6.61 Å². The maximum absolute atomic E-state index is 12.1. The molecule has 1 rings (SSSR count). The Morgan fingerprint density at radius 2 is 1.86 bits per heavy atom. The van der Waals surface area contributed by atoms with Crippen molar-refractivity contribution in [1.29, 1.82) is 0 Å². The monoisotopic (exact) mass is 310 g/mol. The molecule has 1 atom stereocenters. The zero-order chi connectivity index (χ0) is 16.9. The van der Waals surface area contributed by atoms with Crippen molar-refractivity contribution in [3.8, 4) is 0 Å². The first-order valence-electron chi connectivity index (χ1n) is 7.13. The number of carbonyl (C=O) groups excluding carboxylic acids is 3. The van der Waals surface area contributed by atoms with Crippen LogP contribution in [-0.4, -0.2) is 29.9 Å². The first-order chi connectivity index (χ1) is 10.1. The highest BCUT2D eigenvalue weighted by Crippen LogP contribution is 2.18. The SMILES string of the molecule is CCOC(=O)c1ccc(CC(C(C)=O)C(=O)OC(C)(C)C)o1. The maximum Gasteiger partial charge on any atom is 0.374 e. The molecule has 1 aromatic heterocycles. The lowest BCUT2D eigenvalue weighted by Gasteiger charge is -2.22. The minimum atomic E-state index is -0.958.